The van der Waals surface area contributed by atoms with Crippen LogP contribution in [0.5, 0.6) is 0 Å². The van der Waals surface area contributed by atoms with Gasteiger partial charge in [-0.05, 0) is 36.2 Å². The average Bonchev–Trinajstić information content (AvgIpc) is 2.49. The summed E-state index contributed by atoms with van der Waals surface area (Å²) in [6.45, 7) is 1.90. The van der Waals surface area contributed by atoms with E-state index < -0.39 is 0 Å². The standard InChI is InChI=1S/C12H12ClNOS/c13-9-1-2-10-12-7(9)3-4-14-5-8(12)11(6-15)16-10/h1-2,14-15H,3-6H2. The van der Waals surface area contributed by atoms with Crippen LogP contribution in [0.4, 0.5) is 0 Å². The van der Waals surface area contributed by atoms with Gasteiger partial charge in [0.25, 0.3) is 0 Å². The number of thiophene rings is 1. The number of hydrogen-bond donors (Lipinski definition) is 2. The van der Waals surface area contributed by atoms with Crippen molar-refractivity contribution in [2.24, 2.45) is 0 Å². The van der Waals surface area contributed by atoms with E-state index in [-0.39, 0.29) is 6.61 Å². The van der Waals surface area contributed by atoms with Crippen LogP contribution in [-0.4, -0.2) is 11.7 Å². The number of aliphatic hydroxyl groups excluding tert-OH is 1. The van der Waals surface area contributed by atoms with E-state index in [0.29, 0.717) is 0 Å². The van der Waals surface area contributed by atoms with Gasteiger partial charge in [-0.3, -0.25) is 0 Å². The molecule has 1 aliphatic heterocycles. The zero-order valence-electron chi connectivity index (χ0n) is 8.72. The van der Waals surface area contributed by atoms with E-state index in [1.165, 1.54) is 21.2 Å². The van der Waals surface area contributed by atoms with Crippen LogP contribution in [0.3, 0.4) is 0 Å². The van der Waals surface area contributed by atoms with E-state index >= 15 is 0 Å². The number of hydrogen-bond acceptors (Lipinski definition) is 3. The van der Waals surface area contributed by atoms with Crippen molar-refractivity contribution in [3.8, 4) is 0 Å². The molecule has 84 valence electrons. The van der Waals surface area contributed by atoms with Crippen molar-refractivity contribution in [1.29, 1.82) is 0 Å². The van der Waals surface area contributed by atoms with Crippen LogP contribution in [0.25, 0.3) is 10.1 Å². The molecule has 16 heavy (non-hydrogen) atoms. The lowest BCUT2D eigenvalue weighted by molar-refractivity contribution is 0.284. The maximum absolute atomic E-state index is 9.38. The fourth-order valence-electron chi connectivity index (χ4n) is 2.34. The number of rotatable bonds is 1. The minimum Gasteiger partial charge on any atom is -0.391 e. The Kier molecular flexibility index (Phi) is 2.64. The third-order valence-electron chi connectivity index (χ3n) is 3.09. The van der Waals surface area contributed by atoms with Crippen LogP contribution in [0.2, 0.25) is 5.02 Å². The molecule has 0 atom stereocenters. The summed E-state index contributed by atoms with van der Waals surface area (Å²) in [5.41, 5.74) is 2.47. The van der Waals surface area contributed by atoms with Gasteiger partial charge in [0, 0.05) is 26.5 Å². The van der Waals surface area contributed by atoms with Crippen molar-refractivity contribution in [2.75, 3.05) is 6.54 Å². The number of nitrogens with one attached hydrogen (secondary N) is 1. The molecule has 3 rings (SSSR count). The number of aliphatic hydroxyl groups is 1. The maximum Gasteiger partial charge on any atom is 0.0778 e. The van der Waals surface area contributed by atoms with E-state index in [1.54, 1.807) is 11.3 Å². The van der Waals surface area contributed by atoms with Crippen molar-refractivity contribution >= 4 is 33.0 Å². The highest BCUT2D eigenvalue weighted by atomic mass is 35.5. The van der Waals surface area contributed by atoms with Crippen LogP contribution in [0.15, 0.2) is 12.1 Å². The fourth-order valence-corrected chi connectivity index (χ4v) is 3.70. The molecule has 2 aromatic rings. The Morgan fingerprint density at radius 2 is 2.25 bits per heavy atom. The normalized spacial score (nSPS) is 15.4. The second kappa shape index (κ2) is 4.00. The Labute approximate surface area is 103 Å². The molecule has 0 fully saturated rings. The van der Waals surface area contributed by atoms with Crippen LogP contribution in [0, 0.1) is 0 Å². The van der Waals surface area contributed by atoms with E-state index in [2.05, 4.69) is 11.4 Å². The van der Waals surface area contributed by atoms with Gasteiger partial charge in [-0.2, -0.15) is 0 Å². The summed E-state index contributed by atoms with van der Waals surface area (Å²) in [6, 6.07) is 4.02. The van der Waals surface area contributed by atoms with Crippen molar-refractivity contribution in [1.82, 2.24) is 5.32 Å². The molecule has 0 radical (unpaired) electrons. The molecule has 0 saturated heterocycles. The highest BCUT2D eigenvalue weighted by molar-refractivity contribution is 7.19. The molecule has 0 unspecified atom stereocenters. The van der Waals surface area contributed by atoms with Gasteiger partial charge in [-0.25, -0.2) is 0 Å². The average molecular weight is 254 g/mol. The fraction of sp³-hybridized carbons (Fsp3) is 0.333. The smallest absolute Gasteiger partial charge is 0.0778 e. The highest BCUT2D eigenvalue weighted by Gasteiger charge is 2.18. The van der Waals surface area contributed by atoms with Crippen LogP contribution >= 0.6 is 22.9 Å². The van der Waals surface area contributed by atoms with Crippen molar-refractivity contribution in [3.63, 3.8) is 0 Å². The van der Waals surface area contributed by atoms with Gasteiger partial charge in [0.1, 0.15) is 0 Å². The topological polar surface area (TPSA) is 32.3 Å². The molecule has 1 aliphatic rings. The Balaban J connectivity index is 2.39. The zero-order chi connectivity index (χ0) is 11.1. The molecule has 0 spiro atoms. The first-order chi connectivity index (χ1) is 7.81. The predicted molar refractivity (Wildman–Crippen MR) is 68.2 cm³/mol. The zero-order valence-corrected chi connectivity index (χ0v) is 10.3. The summed E-state index contributed by atoms with van der Waals surface area (Å²) in [4.78, 5) is 1.06. The second-order valence-electron chi connectivity index (χ2n) is 3.99. The summed E-state index contributed by atoms with van der Waals surface area (Å²) >= 11 is 7.92. The summed E-state index contributed by atoms with van der Waals surface area (Å²) in [5, 5.41) is 14.9. The number of benzene rings is 1. The first kappa shape index (κ1) is 10.5. The SMILES string of the molecule is OCc1sc2ccc(Cl)c3c2c1CNCC3. The number of halogens is 1. The molecule has 1 aromatic heterocycles. The molecular formula is C12H12ClNOS. The third-order valence-corrected chi connectivity index (χ3v) is 4.62. The first-order valence-corrected chi connectivity index (χ1v) is 6.54. The minimum absolute atomic E-state index is 0.118. The van der Waals surface area contributed by atoms with Crippen LogP contribution < -0.4 is 5.32 Å². The molecule has 0 saturated carbocycles. The van der Waals surface area contributed by atoms with Crippen molar-refractivity contribution < 1.29 is 5.11 Å². The summed E-state index contributed by atoms with van der Waals surface area (Å²) in [5.74, 6) is 0. The summed E-state index contributed by atoms with van der Waals surface area (Å²) in [6.07, 6.45) is 0.963. The molecule has 2 heterocycles. The molecule has 0 aliphatic carbocycles. The van der Waals surface area contributed by atoms with Gasteiger partial charge in [-0.1, -0.05) is 11.6 Å². The predicted octanol–water partition coefficient (Wildman–Crippen LogP) is 2.69. The second-order valence-corrected chi connectivity index (χ2v) is 5.53. The third kappa shape index (κ3) is 1.47. The van der Waals surface area contributed by atoms with E-state index in [4.69, 9.17) is 11.6 Å². The largest absolute Gasteiger partial charge is 0.391 e. The first-order valence-electron chi connectivity index (χ1n) is 5.34. The van der Waals surface area contributed by atoms with Gasteiger partial charge in [0.2, 0.25) is 0 Å². The van der Waals surface area contributed by atoms with E-state index in [0.717, 1.165) is 29.4 Å². The Morgan fingerprint density at radius 3 is 3.06 bits per heavy atom. The van der Waals surface area contributed by atoms with Crippen LogP contribution in [-0.2, 0) is 19.6 Å². The van der Waals surface area contributed by atoms with Gasteiger partial charge in [0.05, 0.1) is 6.61 Å². The van der Waals surface area contributed by atoms with Gasteiger partial charge in [-0.15, -0.1) is 11.3 Å². The van der Waals surface area contributed by atoms with Gasteiger partial charge < -0.3 is 10.4 Å². The lowest BCUT2D eigenvalue weighted by Crippen LogP contribution is -2.14. The van der Waals surface area contributed by atoms with Gasteiger partial charge >= 0.3 is 0 Å². The Bertz CT molecular complexity index is 549. The lowest BCUT2D eigenvalue weighted by atomic mass is 10.0. The molecule has 1 aromatic carbocycles. The molecule has 0 bridgehead atoms. The molecular weight excluding hydrogens is 242 g/mol. The summed E-state index contributed by atoms with van der Waals surface area (Å²) < 4.78 is 1.24. The maximum atomic E-state index is 9.38. The summed E-state index contributed by atoms with van der Waals surface area (Å²) in [7, 11) is 0. The molecule has 2 N–H and O–H groups in total. The molecule has 2 nitrogen and oxygen atoms in total. The molecule has 0 amide bonds. The highest BCUT2D eigenvalue weighted by Crippen LogP contribution is 2.38. The Hall–Kier alpha value is -0.610. The van der Waals surface area contributed by atoms with E-state index in [1.807, 2.05) is 6.07 Å². The van der Waals surface area contributed by atoms with Crippen molar-refractivity contribution in [3.05, 3.63) is 33.2 Å². The monoisotopic (exact) mass is 253 g/mol. The van der Waals surface area contributed by atoms with E-state index in [9.17, 15) is 5.11 Å². The van der Waals surface area contributed by atoms with Crippen molar-refractivity contribution in [2.45, 2.75) is 19.6 Å². The van der Waals surface area contributed by atoms with Crippen LogP contribution in [0.1, 0.15) is 16.0 Å². The minimum atomic E-state index is 0.118. The molecule has 4 heteroatoms. The van der Waals surface area contributed by atoms with Gasteiger partial charge in [0.15, 0.2) is 0 Å². The lowest BCUT2D eigenvalue weighted by Gasteiger charge is -2.03. The Morgan fingerprint density at radius 1 is 1.38 bits per heavy atom. The quantitative estimate of drug-likeness (QED) is 0.819.